The second kappa shape index (κ2) is 8.22. The van der Waals surface area contributed by atoms with E-state index in [2.05, 4.69) is 9.44 Å². The first kappa shape index (κ1) is 20.8. The molecule has 0 bridgehead atoms. The zero-order valence-corrected chi connectivity index (χ0v) is 17.1. The maximum atomic E-state index is 12.9. The molecule has 0 atom stereocenters. The predicted octanol–water partition coefficient (Wildman–Crippen LogP) is 3.88. The molecule has 9 heteroatoms. The van der Waals surface area contributed by atoms with Gasteiger partial charge < -0.3 is 0 Å². The quantitative estimate of drug-likeness (QED) is 0.590. The normalized spacial score (nSPS) is 11.8. The van der Waals surface area contributed by atoms with Crippen molar-refractivity contribution in [1.82, 2.24) is 0 Å². The topological polar surface area (TPSA) is 92.3 Å². The highest BCUT2D eigenvalue weighted by molar-refractivity contribution is 7.92. The third kappa shape index (κ3) is 5.78. The van der Waals surface area contributed by atoms with Gasteiger partial charge in [0.1, 0.15) is 5.82 Å². The van der Waals surface area contributed by atoms with Gasteiger partial charge in [-0.3, -0.25) is 9.44 Å². The van der Waals surface area contributed by atoms with E-state index in [0.29, 0.717) is 5.56 Å². The van der Waals surface area contributed by atoms with Crippen LogP contribution in [0.2, 0.25) is 0 Å². The van der Waals surface area contributed by atoms with Gasteiger partial charge in [-0.15, -0.1) is 0 Å². The van der Waals surface area contributed by atoms with E-state index in [1.165, 1.54) is 36.4 Å². The van der Waals surface area contributed by atoms with Crippen LogP contribution in [0.3, 0.4) is 0 Å². The third-order valence-electron chi connectivity index (χ3n) is 3.97. The van der Waals surface area contributed by atoms with Gasteiger partial charge in [-0.2, -0.15) is 0 Å². The Morgan fingerprint density at radius 1 is 0.793 bits per heavy atom. The number of aryl methyl sites for hydroxylation is 1. The number of anilines is 2. The summed E-state index contributed by atoms with van der Waals surface area (Å²) >= 11 is 0. The van der Waals surface area contributed by atoms with Crippen LogP contribution in [0, 0.1) is 12.7 Å². The molecule has 0 saturated carbocycles. The van der Waals surface area contributed by atoms with Gasteiger partial charge in [0.25, 0.3) is 10.0 Å². The number of benzene rings is 3. The Balaban J connectivity index is 1.71. The van der Waals surface area contributed by atoms with Crippen LogP contribution in [-0.4, -0.2) is 16.8 Å². The van der Waals surface area contributed by atoms with E-state index >= 15 is 0 Å². The van der Waals surface area contributed by atoms with Crippen molar-refractivity contribution in [2.75, 3.05) is 9.44 Å². The molecule has 0 aromatic heterocycles. The maximum Gasteiger partial charge on any atom is 0.261 e. The molecule has 2 N–H and O–H groups in total. The van der Waals surface area contributed by atoms with E-state index in [1.807, 2.05) is 13.0 Å². The molecule has 29 heavy (non-hydrogen) atoms. The SMILES string of the molecule is Cc1cccc(CS(=O)(=O)Nc2ccc(S(=O)(=O)Nc3ccc(F)cc3)cc2)c1. The number of hydrogen-bond donors (Lipinski definition) is 2. The molecular formula is C20H19FN2O4S2. The van der Waals surface area contributed by atoms with Gasteiger partial charge >= 0.3 is 0 Å². The summed E-state index contributed by atoms with van der Waals surface area (Å²) in [7, 11) is -7.55. The number of rotatable bonds is 7. The van der Waals surface area contributed by atoms with Crippen molar-refractivity contribution in [1.29, 1.82) is 0 Å². The molecule has 0 aliphatic carbocycles. The van der Waals surface area contributed by atoms with Crippen LogP contribution in [0.15, 0.2) is 77.7 Å². The minimum Gasteiger partial charge on any atom is -0.283 e. The lowest BCUT2D eigenvalue weighted by atomic mass is 10.2. The van der Waals surface area contributed by atoms with Crippen molar-refractivity contribution in [3.63, 3.8) is 0 Å². The summed E-state index contributed by atoms with van der Waals surface area (Å²) in [6.07, 6.45) is 0. The zero-order valence-electron chi connectivity index (χ0n) is 15.5. The van der Waals surface area contributed by atoms with Gasteiger partial charge in [0.05, 0.1) is 10.6 Å². The van der Waals surface area contributed by atoms with Crippen LogP contribution in [0.1, 0.15) is 11.1 Å². The second-order valence-electron chi connectivity index (χ2n) is 6.49. The lowest BCUT2D eigenvalue weighted by Crippen LogP contribution is -2.16. The van der Waals surface area contributed by atoms with Crippen LogP contribution in [-0.2, 0) is 25.8 Å². The Morgan fingerprint density at radius 3 is 2.00 bits per heavy atom. The maximum absolute atomic E-state index is 12.9. The molecule has 0 spiro atoms. The molecule has 0 fully saturated rings. The molecule has 0 saturated heterocycles. The summed E-state index contributed by atoms with van der Waals surface area (Å²) < 4.78 is 67.3. The van der Waals surface area contributed by atoms with E-state index in [4.69, 9.17) is 0 Å². The molecule has 0 aliphatic rings. The fourth-order valence-corrected chi connectivity index (χ4v) is 4.92. The lowest BCUT2D eigenvalue weighted by molar-refractivity contribution is 0.599. The van der Waals surface area contributed by atoms with Crippen LogP contribution >= 0.6 is 0 Å². The Hall–Kier alpha value is -2.91. The minimum atomic E-state index is -3.89. The van der Waals surface area contributed by atoms with Gasteiger partial charge in [0.2, 0.25) is 10.0 Å². The van der Waals surface area contributed by atoms with E-state index in [0.717, 1.165) is 17.7 Å². The standard InChI is InChI=1S/C20H19FN2O4S2/c1-15-3-2-4-16(13-15)14-28(24,25)22-18-9-11-20(12-10-18)29(26,27)23-19-7-5-17(21)6-8-19/h2-13,22-23H,14H2,1H3. The summed E-state index contributed by atoms with van der Waals surface area (Å²) in [5.74, 6) is -0.670. The van der Waals surface area contributed by atoms with Crippen LogP contribution in [0.5, 0.6) is 0 Å². The van der Waals surface area contributed by atoms with Crippen molar-refractivity contribution in [3.05, 3.63) is 89.7 Å². The van der Waals surface area contributed by atoms with Gasteiger partial charge in [0.15, 0.2) is 0 Å². The molecule has 3 aromatic carbocycles. The van der Waals surface area contributed by atoms with E-state index in [9.17, 15) is 21.2 Å². The first-order chi connectivity index (χ1) is 13.6. The fourth-order valence-electron chi connectivity index (χ4n) is 2.67. The van der Waals surface area contributed by atoms with E-state index in [1.54, 1.807) is 18.2 Å². The van der Waals surface area contributed by atoms with Gasteiger partial charge in [-0.05, 0) is 61.0 Å². The average molecular weight is 435 g/mol. The summed E-state index contributed by atoms with van der Waals surface area (Å²) in [6, 6.07) is 17.4. The van der Waals surface area contributed by atoms with Gasteiger partial charge in [-0.25, -0.2) is 21.2 Å². The molecule has 3 rings (SSSR count). The molecular weight excluding hydrogens is 415 g/mol. The monoisotopic (exact) mass is 434 g/mol. The van der Waals surface area contributed by atoms with Crippen molar-refractivity contribution in [2.45, 2.75) is 17.6 Å². The highest BCUT2D eigenvalue weighted by Crippen LogP contribution is 2.20. The van der Waals surface area contributed by atoms with Crippen molar-refractivity contribution in [3.8, 4) is 0 Å². The summed E-state index contributed by atoms with van der Waals surface area (Å²) in [5.41, 5.74) is 2.08. The predicted molar refractivity (Wildman–Crippen MR) is 111 cm³/mol. The first-order valence-electron chi connectivity index (χ1n) is 8.57. The largest absolute Gasteiger partial charge is 0.283 e. The zero-order chi connectivity index (χ0) is 21.1. The highest BCUT2D eigenvalue weighted by atomic mass is 32.2. The number of sulfonamides is 2. The van der Waals surface area contributed by atoms with Crippen molar-refractivity contribution in [2.24, 2.45) is 0 Å². The molecule has 3 aromatic rings. The molecule has 0 amide bonds. The highest BCUT2D eigenvalue weighted by Gasteiger charge is 2.16. The Bertz CT molecular complexity index is 1210. The lowest BCUT2D eigenvalue weighted by Gasteiger charge is -2.11. The van der Waals surface area contributed by atoms with Gasteiger partial charge in [0, 0.05) is 11.4 Å². The van der Waals surface area contributed by atoms with E-state index < -0.39 is 25.9 Å². The third-order valence-corrected chi connectivity index (χ3v) is 6.63. The number of nitrogens with one attached hydrogen (secondary N) is 2. The van der Waals surface area contributed by atoms with Crippen LogP contribution in [0.4, 0.5) is 15.8 Å². The molecule has 0 radical (unpaired) electrons. The summed E-state index contributed by atoms with van der Waals surface area (Å²) in [5, 5.41) is 0. The summed E-state index contributed by atoms with van der Waals surface area (Å²) in [6.45, 7) is 1.88. The van der Waals surface area contributed by atoms with E-state index in [-0.39, 0.29) is 22.0 Å². The number of hydrogen-bond acceptors (Lipinski definition) is 4. The first-order valence-corrected chi connectivity index (χ1v) is 11.7. The number of halogens is 1. The molecule has 0 heterocycles. The molecule has 152 valence electrons. The van der Waals surface area contributed by atoms with Crippen LogP contribution < -0.4 is 9.44 Å². The smallest absolute Gasteiger partial charge is 0.261 e. The van der Waals surface area contributed by atoms with Crippen LogP contribution in [0.25, 0.3) is 0 Å². The molecule has 0 unspecified atom stereocenters. The Labute approximate surface area is 169 Å². The average Bonchev–Trinajstić information content (AvgIpc) is 2.63. The fraction of sp³-hybridized carbons (Fsp3) is 0.100. The minimum absolute atomic E-state index is 0.0524. The molecule has 0 aliphatic heterocycles. The summed E-state index contributed by atoms with van der Waals surface area (Å²) in [4.78, 5) is -0.0524. The Kier molecular flexibility index (Phi) is 5.90. The van der Waals surface area contributed by atoms with Crippen molar-refractivity contribution >= 4 is 31.4 Å². The van der Waals surface area contributed by atoms with Gasteiger partial charge in [-0.1, -0.05) is 29.8 Å². The molecule has 6 nitrogen and oxygen atoms in total. The van der Waals surface area contributed by atoms with Crippen molar-refractivity contribution < 1.29 is 21.2 Å². The second-order valence-corrected chi connectivity index (χ2v) is 9.89. The Morgan fingerprint density at radius 2 is 1.38 bits per heavy atom.